The van der Waals surface area contributed by atoms with Crippen LogP contribution < -0.4 is 0 Å². The molecule has 4 rings (SSSR count). The maximum Gasteiger partial charge on any atom is 0.252 e. The Hall–Kier alpha value is -2.74. The van der Waals surface area contributed by atoms with Gasteiger partial charge in [0.05, 0.1) is 0 Å². The smallest absolute Gasteiger partial charge is 0.252 e. The lowest BCUT2D eigenvalue weighted by Gasteiger charge is -2.36. The van der Waals surface area contributed by atoms with Gasteiger partial charge in [-0.05, 0) is 18.6 Å². The molecule has 100 valence electrons. The molecule has 8 nitrogen and oxygen atoms in total. The van der Waals surface area contributed by atoms with Gasteiger partial charge in [-0.1, -0.05) is 6.08 Å². The van der Waals surface area contributed by atoms with Crippen LogP contribution in [-0.2, 0) is 6.54 Å². The summed E-state index contributed by atoms with van der Waals surface area (Å²) >= 11 is 0. The number of hydrogen-bond donors (Lipinski definition) is 0. The first kappa shape index (κ1) is 11.1. The van der Waals surface area contributed by atoms with Gasteiger partial charge < -0.3 is 10.6 Å². The van der Waals surface area contributed by atoms with Crippen molar-refractivity contribution in [3.05, 3.63) is 53.7 Å². The van der Waals surface area contributed by atoms with Crippen molar-refractivity contribution in [3.63, 3.8) is 0 Å². The third-order valence-electron chi connectivity index (χ3n) is 3.07. The number of rotatable bonds is 2. The molecular weight excluding hydrogens is 256 g/mol. The molecular formula is C12H11N8-. The standard InChI is InChI=1S/C12H11N8/c1-9-2-3-11-16-17-20(19(11)5-9)7-10-4-13-12-14-8-15-18(12)6-10/h2-6,8H,7H2,1H3/q-1. The third kappa shape index (κ3) is 1.74. The maximum atomic E-state index is 4.24. The van der Waals surface area contributed by atoms with Crippen LogP contribution >= 0.6 is 0 Å². The number of hydrogen-bond acceptors (Lipinski definition) is 6. The van der Waals surface area contributed by atoms with E-state index < -0.39 is 0 Å². The summed E-state index contributed by atoms with van der Waals surface area (Å²) in [6.07, 6.45) is 11.1. The van der Waals surface area contributed by atoms with Crippen molar-refractivity contribution in [2.24, 2.45) is 5.10 Å². The topological polar surface area (TPSA) is 76.0 Å². The van der Waals surface area contributed by atoms with Crippen molar-refractivity contribution in [3.8, 4) is 0 Å². The molecule has 0 aromatic carbocycles. The second-order valence-corrected chi connectivity index (χ2v) is 4.60. The molecule has 0 unspecified atom stereocenters. The minimum Gasteiger partial charge on any atom is -0.516 e. The van der Waals surface area contributed by atoms with E-state index in [-0.39, 0.29) is 0 Å². The lowest BCUT2D eigenvalue weighted by Crippen LogP contribution is -2.35. The van der Waals surface area contributed by atoms with Crippen molar-refractivity contribution in [1.29, 1.82) is 0 Å². The van der Waals surface area contributed by atoms with Crippen LogP contribution in [0.2, 0.25) is 0 Å². The molecule has 2 aliphatic heterocycles. The Balaban J connectivity index is 1.59. The Morgan fingerprint density at radius 2 is 2.20 bits per heavy atom. The zero-order chi connectivity index (χ0) is 13.5. The van der Waals surface area contributed by atoms with Gasteiger partial charge in [0.1, 0.15) is 12.2 Å². The van der Waals surface area contributed by atoms with E-state index in [1.54, 1.807) is 15.8 Å². The second-order valence-electron chi connectivity index (χ2n) is 4.60. The van der Waals surface area contributed by atoms with E-state index in [0.717, 1.165) is 17.0 Å². The van der Waals surface area contributed by atoms with Gasteiger partial charge in [-0.3, -0.25) is 10.1 Å². The van der Waals surface area contributed by atoms with E-state index in [4.69, 9.17) is 0 Å². The first-order valence-electron chi connectivity index (χ1n) is 6.16. The average molecular weight is 267 g/mol. The quantitative estimate of drug-likeness (QED) is 0.818. The molecule has 0 fully saturated rings. The lowest BCUT2D eigenvalue weighted by molar-refractivity contribution is 0.146. The third-order valence-corrected chi connectivity index (χ3v) is 3.07. The maximum absolute atomic E-state index is 4.24. The predicted octanol–water partition coefficient (Wildman–Crippen LogP) is 1.23. The summed E-state index contributed by atoms with van der Waals surface area (Å²) in [6, 6.07) is 0. The monoisotopic (exact) mass is 267 g/mol. The molecule has 8 heteroatoms. The van der Waals surface area contributed by atoms with Gasteiger partial charge in [0.15, 0.2) is 0 Å². The molecule has 20 heavy (non-hydrogen) atoms. The summed E-state index contributed by atoms with van der Waals surface area (Å²) in [5, 5.41) is 11.9. The summed E-state index contributed by atoms with van der Waals surface area (Å²) < 4.78 is 1.64. The lowest BCUT2D eigenvalue weighted by atomic mass is 10.2. The molecule has 0 saturated carbocycles. The van der Waals surface area contributed by atoms with E-state index >= 15 is 0 Å². The normalized spacial score (nSPS) is 17.9. The van der Waals surface area contributed by atoms with E-state index in [9.17, 15) is 0 Å². The highest BCUT2D eigenvalue weighted by molar-refractivity contribution is 5.96. The molecule has 0 atom stereocenters. The molecule has 0 bridgehead atoms. The van der Waals surface area contributed by atoms with Crippen LogP contribution in [0.4, 0.5) is 0 Å². The molecule has 0 spiro atoms. The number of nitrogens with zero attached hydrogens (tertiary/aromatic N) is 8. The van der Waals surface area contributed by atoms with Crippen LogP contribution in [0.1, 0.15) is 12.5 Å². The summed E-state index contributed by atoms with van der Waals surface area (Å²) in [4.78, 5) is 8.26. The van der Waals surface area contributed by atoms with Crippen LogP contribution in [0.3, 0.4) is 0 Å². The van der Waals surface area contributed by atoms with Crippen LogP contribution in [0.25, 0.3) is 11.3 Å². The van der Waals surface area contributed by atoms with Crippen molar-refractivity contribution >= 4 is 11.6 Å². The van der Waals surface area contributed by atoms with Gasteiger partial charge in [0.25, 0.3) is 5.78 Å². The van der Waals surface area contributed by atoms with Gasteiger partial charge >= 0.3 is 0 Å². The summed E-state index contributed by atoms with van der Waals surface area (Å²) in [7, 11) is 0. The van der Waals surface area contributed by atoms with E-state index in [1.807, 2.05) is 36.5 Å². The Morgan fingerprint density at radius 1 is 1.25 bits per heavy atom. The van der Waals surface area contributed by atoms with Crippen molar-refractivity contribution in [2.45, 2.75) is 13.5 Å². The number of amidine groups is 1. The van der Waals surface area contributed by atoms with Crippen molar-refractivity contribution < 1.29 is 0 Å². The molecule has 0 amide bonds. The highest BCUT2D eigenvalue weighted by Gasteiger charge is 2.17. The number of allylic oxidation sites excluding steroid dienone is 2. The average Bonchev–Trinajstić information content (AvgIpc) is 3.05. The van der Waals surface area contributed by atoms with Gasteiger partial charge in [0.2, 0.25) is 0 Å². The number of hydrazine groups is 1. The van der Waals surface area contributed by atoms with E-state index in [1.165, 1.54) is 6.33 Å². The Morgan fingerprint density at radius 3 is 3.15 bits per heavy atom. The van der Waals surface area contributed by atoms with Gasteiger partial charge in [-0.15, -0.1) is 0 Å². The molecule has 2 aliphatic rings. The summed E-state index contributed by atoms with van der Waals surface area (Å²) in [5.41, 5.74) is 6.28. The Bertz CT molecular complexity index is 756. The van der Waals surface area contributed by atoms with Crippen LogP contribution in [-0.4, -0.2) is 35.5 Å². The van der Waals surface area contributed by atoms with Gasteiger partial charge in [-0.2, -0.15) is 10.1 Å². The molecule has 0 radical (unpaired) electrons. The predicted molar refractivity (Wildman–Crippen MR) is 71.9 cm³/mol. The minimum atomic E-state index is 0.563. The van der Waals surface area contributed by atoms with Crippen LogP contribution in [0, 0.1) is 0 Å². The highest BCUT2D eigenvalue weighted by atomic mass is 15.9. The fourth-order valence-electron chi connectivity index (χ4n) is 2.10. The SMILES string of the molecule is CC1=CN2C(=N[N-]N2Cc2cnc3ncnn3c2)C=C1. The van der Waals surface area contributed by atoms with E-state index in [0.29, 0.717) is 12.3 Å². The molecule has 2 aromatic heterocycles. The Labute approximate surface area is 114 Å². The van der Waals surface area contributed by atoms with Crippen LogP contribution in [0.15, 0.2) is 47.7 Å². The largest absolute Gasteiger partial charge is 0.516 e. The fourth-order valence-corrected chi connectivity index (χ4v) is 2.10. The first-order chi connectivity index (χ1) is 9.79. The van der Waals surface area contributed by atoms with Crippen molar-refractivity contribution in [1.82, 2.24) is 29.7 Å². The molecule has 4 heterocycles. The van der Waals surface area contributed by atoms with Gasteiger partial charge in [-0.25, -0.2) is 9.50 Å². The zero-order valence-corrected chi connectivity index (χ0v) is 10.7. The number of fused-ring (bicyclic) bond motifs is 2. The summed E-state index contributed by atoms with van der Waals surface area (Å²) in [5.74, 6) is 1.39. The summed E-state index contributed by atoms with van der Waals surface area (Å²) in [6.45, 7) is 2.60. The van der Waals surface area contributed by atoms with Gasteiger partial charge in [0, 0.05) is 30.7 Å². The minimum absolute atomic E-state index is 0.563. The zero-order valence-electron chi connectivity index (χ0n) is 10.7. The van der Waals surface area contributed by atoms with Crippen LogP contribution in [0.5, 0.6) is 0 Å². The number of aromatic nitrogens is 4. The molecule has 2 aromatic rings. The Kier molecular flexibility index (Phi) is 2.30. The highest BCUT2D eigenvalue weighted by Crippen LogP contribution is 2.24. The molecule has 0 saturated heterocycles. The first-order valence-corrected chi connectivity index (χ1v) is 6.16. The molecule has 0 aliphatic carbocycles. The van der Waals surface area contributed by atoms with Crippen molar-refractivity contribution in [2.75, 3.05) is 0 Å². The van der Waals surface area contributed by atoms with E-state index in [2.05, 4.69) is 25.7 Å². The second kappa shape index (κ2) is 4.14. The molecule has 0 N–H and O–H groups in total. The fraction of sp³-hybridized carbons (Fsp3) is 0.167.